The van der Waals surface area contributed by atoms with Crippen LogP contribution < -0.4 is 0 Å². The van der Waals surface area contributed by atoms with E-state index in [4.69, 9.17) is 0 Å². The summed E-state index contributed by atoms with van der Waals surface area (Å²) in [7, 11) is 0. The first-order chi connectivity index (χ1) is 15.8. The normalized spacial score (nSPS) is 17.6. The molecule has 0 spiro atoms. The summed E-state index contributed by atoms with van der Waals surface area (Å²) in [5.74, 6) is 0. The highest BCUT2D eigenvalue weighted by molar-refractivity contribution is 6.28. The lowest BCUT2D eigenvalue weighted by molar-refractivity contribution is -0.428. The van der Waals surface area contributed by atoms with Crippen LogP contribution in [0.3, 0.4) is 0 Å². The molecule has 0 saturated carbocycles. The Bertz CT molecular complexity index is 1400. The van der Waals surface area contributed by atoms with E-state index in [2.05, 4.69) is 4.99 Å². The van der Waals surface area contributed by atoms with Gasteiger partial charge in [-0.2, -0.15) is 0 Å². The number of nitro benzene ring substituents is 1. The quantitative estimate of drug-likeness (QED) is 0.489. The molecule has 0 saturated heterocycles. The highest BCUT2D eigenvalue weighted by Crippen LogP contribution is 2.45. The zero-order valence-electron chi connectivity index (χ0n) is 17.2. The van der Waals surface area contributed by atoms with Gasteiger partial charge in [-0.25, -0.2) is 4.99 Å². The van der Waals surface area contributed by atoms with E-state index in [1.165, 1.54) is 24.3 Å². The van der Waals surface area contributed by atoms with Crippen molar-refractivity contribution in [3.05, 3.63) is 112 Å². The molecular formula is C23H16N4O6. The third-order valence-electron chi connectivity index (χ3n) is 6.11. The molecule has 164 valence electrons. The van der Waals surface area contributed by atoms with E-state index in [1.807, 2.05) is 12.1 Å². The largest absolute Gasteiger partial charge is 0.302 e. The van der Waals surface area contributed by atoms with Crippen molar-refractivity contribution in [2.24, 2.45) is 4.99 Å². The summed E-state index contributed by atoms with van der Waals surface area (Å²) in [5.41, 5.74) is 2.88. The number of nitrogens with zero attached hydrogens (tertiary/aromatic N) is 4. The van der Waals surface area contributed by atoms with Crippen molar-refractivity contribution in [3.8, 4) is 0 Å². The lowest BCUT2D eigenvalue weighted by Crippen LogP contribution is -2.20. The SMILES string of the molecule is O=[N+]([O-])C1=CC([N+](=O)[O-])=C2C(=Cc3cc([N+](=O)[O-])ccc32)C1=Nc1cccc2c1CCCC2. The number of aliphatic imine (C=N–C) groups is 1. The Morgan fingerprint density at radius 1 is 0.848 bits per heavy atom. The van der Waals surface area contributed by atoms with Crippen molar-refractivity contribution in [1.82, 2.24) is 0 Å². The van der Waals surface area contributed by atoms with Crippen LogP contribution in [-0.2, 0) is 12.8 Å². The molecule has 2 aromatic carbocycles. The second-order valence-electron chi connectivity index (χ2n) is 7.97. The number of hydrogen-bond acceptors (Lipinski definition) is 7. The Balaban J connectivity index is 1.76. The summed E-state index contributed by atoms with van der Waals surface area (Å²) >= 11 is 0. The minimum Gasteiger partial charge on any atom is -0.258 e. The molecule has 3 aliphatic carbocycles. The zero-order valence-corrected chi connectivity index (χ0v) is 17.2. The molecule has 33 heavy (non-hydrogen) atoms. The van der Waals surface area contributed by atoms with E-state index in [0.29, 0.717) is 16.8 Å². The molecule has 0 aliphatic heterocycles. The Morgan fingerprint density at radius 3 is 2.36 bits per heavy atom. The molecule has 0 unspecified atom stereocenters. The second kappa shape index (κ2) is 7.59. The number of rotatable bonds is 4. The third kappa shape index (κ3) is 3.32. The molecule has 0 heterocycles. The molecule has 0 fully saturated rings. The van der Waals surface area contributed by atoms with Gasteiger partial charge >= 0.3 is 5.70 Å². The summed E-state index contributed by atoms with van der Waals surface area (Å²) in [5, 5.41) is 34.9. The highest BCUT2D eigenvalue weighted by atomic mass is 16.6. The van der Waals surface area contributed by atoms with E-state index in [1.54, 1.807) is 6.07 Å². The summed E-state index contributed by atoms with van der Waals surface area (Å²) in [6.07, 6.45) is 6.18. The van der Waals surface area contributed by atoms with Gasteiger partial charge in [-0.1, -0.05) is 12.1 Å². The van der Waals surface area contributed by atoms with Crippen LogP contribution in [-0.4, -0.2) is 20.5 Å². The number of non-ortho nitro benzene ring substituents is 1. The predicted octanol–water partition coefficient (Wildman–Crippen LogP) is 4.81. The highest BCUT2D eigenvalue weighted by Gasteiger charge is 2.41. The van der Waals surface area contributed by atoms with Crippen molar-refractivity contribution < 1.29 is 14.8 Å². The average molecular weight is 444 g/mol. The molecule has 3 aliphatic rings. The lowest BCUT2D eigenvalue weighted by Gasteiger charge is -2.18. The van der Waals surface area contributed by atoms with Crippen LogP contribution in [0.4, 0.5) is 11.4 Å². The average Bonchev–Trinajstić information content (AvgIpc) is 3.18. The van der Waals surface area contributed by atoms with Crippen LogP contribution in [0.5, 0.6) is 0 Å². The number of fused-ring (bicyclic) bond motifs is 4. The summed E-state index contributed by atoms with van der Waals surface area (Å²) in [4.78, 5) is 37.7. The van der Waals surface area contributed by atoms with Gasteiger partial charge in [0.05, 0.1) is 32.1 Å². The topological polar surface area (TPSA) is 142 Å². The second-order valence-corrected chi connectivity index (χ2v) is 7.97. The summed E-state index contributed by atoms with van der Waals surface area (Å²) in [6, 6.07) is 9.65. The molecule has 0 N–H and O–H groups in total. The van der Waals surface area contributed by atoms with E-state index >= 15 is 0 Å². The third-order valence-corrected chi connectivity index (χ3v) is 6.11. The summed E-state index contributed by atoms with van der Waals surface area (Å²) in [6.45, 7) is 0. The maximum atomic E-state index is 11.9. The Kier molecular flexibility index (Phi) is 4.70. The first kappa shape index (κ1) is 20.4. The number of nitro groups is 3. The van der Waals surface area contributed by atoms with Crippen molar-refractivity contribution >= 4 is 28.7 Å². The molecule has 0 radical (unpaired) electrons. The van der Waals surface area contributed by atoms with Crippen LogP contribution in [0.25, 0.3) is 11.6 Å². The maximum Gasteiger partial charge on any atom is 0.302 e. The van der Waals surface area contributed by atoms with E-state index in [-0.39, 0.29) is 22.5 Å². The van der Waals surface area contributed by atoms with Crippen LogP contribution >= 0.6 is 0 Å². The van der Waals surface area contributed by atoms with Gasteiger partial charge < -0.3 is 0 Å². The standard InChI is InChI=1S/C23H16N4O6/c28-25(29)15-8-9-17-14(10-15)11-18-22(17)20(26(30)31)12-21(27(32)33)23(18)24-19-7-3-5-13-4-1-2-6-16(13)19/h3,5,7-12H,1-2,4,6H2. The van der Waals surface area contributed by atoms with E-state index < -0.39 is 26.2 Å². The van der Waals surface area contributed by atoms with Gasteiger partial charge in [0.15, 0.2) is 0 Å². The van der Waals surface area contributed by atoms with Crippen LogP contribution in [0.1, 0.15) is 35.1 Å². The molecule has 0 aromatic heterocycles. The molecule has 10 nitrogen and oxygen atoms in total. The Morgan fingerprint density at radius 2 is 1.64 bits per heavy atom. The van der Waals surface area contributed by atoms with Gasteiger partial charge in [0.2, 0.25) is 0 Å². The number of aryl methyl sites for hydroxylation is 1. The first-order valence-electron chi connectivity index (χ1n) is 10.3. The minimum absolute atomic E-state index is 0.0124. The van der Waals surface area contributed by atoms with Crippen LogP contribution in [0, 0.1) is 30.3 Å². The van der Waals surface area contributed by atoms with Crippen molar-refractivity contribution in [2.45, 2.75) is 25.7 Å². The van der Waals surface area contributed by atoms with Gasteiger partial charge in [0, 0.05) is 17.7 Å². The first-order valence-corrected chi connectivity index (χ1v) is 10.3. The molecular weight excluding hydrogens is 428 g/mol. The Hall–Kier alpha value is -4.47. The predicted molar refractivity (Wildman–Crippen MR) is 120 cm³/mol. The van der Waals surface area contributed by atoms with Gasteiger partial charge in [-0.15, -0.1) is 0 Å². The maximum absolute atomic E-state index is 11.9. The van der Waals surface area contributed by atoms with Crippen molar-refractivity contribution in [1.29, 1.82) is 0 Å². The zero-order chi connectivity index (χ0) is 23.3. The molecule has 0 atom stereocenters. The van der Waals surface area contributed by atoms with Crippen LogP contribution in [0.2, 0.25) is 0 Å². The van der Waals surface area contributed by atoms with Crippen molar-refractivity contribution in [2.75, 3.05) is 0 Å². The molecule has 5 rings (SSSR count). The minimum atomic E-state index is -0.680. The molecule has 10 heteroatoms. The van der Waals surface area contributed by atoms with E-state index in [9.17, 15) is 30.3 Å². The lowest BCUT2D eigenvalue weighted by atomic mass is 9.89. The van der Waals surface area contributed by atoms with Gasteiger partial charge in [0.1, 0.15) is 5.71 Å². The number of benzene rings is 2. The fourth-order valence-corrected chi connectivity index (χ4v) is 4.64. The van der Waals surface area contributed by atoms with Gasteiger partial charge in [0.25, 0.3) is 11.4 Å². The van der Waals surface area contributed by atoms with Crippen LogP contribution in [0.15, 0.2) is 64.4 Å². The van der Waals surface area contributed by atoms with Gasteiger partial charge in [-0.3, -0.25) is 30.3 Å². The smallest absolute Gasteiger partial charge is 0.258 e. The molecule has 0 amide bonds. The van der Waals surface area contributed by atoms with Crippen molar-refractivity contribution in [3.63, 3.8) is 0 Å². The summed E-state index contributed by atoms with van der Waals surface area (Å²) < 4.78 is 0. The fourth-order valence-electron chi connectivity index (χ4n) is 4.64. The fraction of sp³-hybridized carbons (Fsp3) is 0.174. The number of hydrogen-bond donors (Lipinski definition) is 0. The number of allylic oxidation sites excluding steroid dienone is 3. The monoisotopic (exact) mass is 444 g/mol. The van der Waals surface area contributed by atoms with E-state index in [0.717, 1.165) is 42.9 Å². The molecule has 0 bridgehead atoms. The van der Waals surface area contributed by atoms with Gasteiger partial charge in [-0.05, 0) is 66.1 Å². The molecule has 2 aromatic rings. The Labute approximate surface area is 186 Å².